The number of carbonyl (C=O) groups excluding carboxylic acids is 1. The molecule has 0 saturated carbocycles. The normalized spacial score (nSPS) is 12.4. The van der Waals surface area contributed by atoms with Crippen LogP contribution in [0.1, 0.15) is 37.8 Å². The van der Waals surface area contributed by atoms with E-state index in [4.69, 9.17) is 5.73 Å². The predicted octanol–water partition coefficient (Wildman–Crippen LogP) is 2.98. The van der Waals surface area contributed by atoms with E-state index in [1.54, 1.807) is 0 Å². The van der Waals surface area contributed by atoms with Crippen molar-refractivity contribution in [2.24, 2.45) is 5.73 Å². The van der Waals surface area contributed by atoms with Gasteiger partial charge in [-0.15, -0.1) is 12.4 Å². The molecule has 7 heteroatoms. The van der Waals surface area contributed by atoms with Gasteiger partial charge in [-0.25, -0.2) is 8.42 Å². The van der Waals surface area contributed by atoms with Gasteiger partial charge in [0.25, 0.3) is 0 Å². The second kappa shape index (κ2) is 10.5. The lowest BCUT2D eigenvalue weighted by atomic mass is 10.0. The number of benzene rings is 2. The number of halogens is 1. The van der Waals surface area contributed by atoms with E-state index in [9.17, 15) is 13.2 Å². The van der Waals surface area contributed by atoms with E-state index in [2.05, 4.69) is 5.32 Å². The number of amides is 1. The van der Waals surface area contributed by atoms with Gasteiger partial charge >= 0.3 is 0 Å². The highest BCUT2D eigenvalue weighted by Crippen LogP contribution is 2.20. The highest BCUT2D eigenvalue weighted by molar-refractivity contribution is 7.92. The van der Waals surface area contributed by atoms with Gasteiger partial charge in [0, 0.05) is 6.54 Å². The summed E-state index contributed by atoms with van der Waals surface area (Å²) in [5.41, 5.74) is 6.67. The number of hydrogen-bond donors (Lipinski definition) is 2. The Kier molecular flexibility index (Phi) is 9.05. The summed E-state index contributed by atoms with van der Waals surface area (Å²) in [4.78, 5) is 12.2. The number of carbonyl (C=O) groups is 1. The molecular weight excluding hydrogens is 372 g/mol. The van der Waals surface area contributed by atoms with Crippen molar-refractivity contribution < 1.29 is 13.2 Å². The van der Waals surface area contributed by atoms with Gasteiger partial charge in [0.05, 0.1) is 11.8 Å². The molecule has 0 bridgehead atoms. The summed E-state index contributed by atoms with van der Waals surface area (Å²) in [6.07, 6.45) is 2.39. The van der Waals surface area contributed by atoms with Crippen molar-refractivity contribution in [2.45, 2.75) is 32.2 Å². The minimum Gasteiger partial charge on any atom is -0.347 e. The van der Waals surface area contributed by atoms with Crippen LogP contribution in [0.15, 0.2) is 42.5 Å². The summed E-state index contributed by atoms with van der Waals surface area (Å²) in [6, 6.07) is 13.4. The van der Waals surface area contributed by atoms with E-state index >= 15 is 0 Å². The third-order valence-electron chi connectivity index (χ3n) is 4.16. The van der Waals surface area contributed by atoms with Crippen molar-refractivity contribution in [3.63, 3.8) is 0 Å². The topological polar surface area (TPSA) is 89.3 Å². The Morgan fingerprint density at radius 2 is 1.81 bits per heavy atom. The van der Waals surface area contributed by atoms with E-state index in [0.29, 0.717) is 6.42 Å². The smallest absolute Gasteiger partial charge is 0.235 e. The summed E-state index contributed by atoms with van der Waals surface area (Å²) in [5, 5.41) is 4.91. The number of rotatable bonds is 9. The summed E-state index contributed by atoms with van der Waals surface area (Å²) >= 11 is 0. The molecule has 0 spiro atoms. The Hall–Kier alpha value is -1.63. The number of nitrogens with one attached hydrogen (secondary N) is 1. The van der Waals surface area contributed by atoms with Crippen molar-refractivity contribution in [2.75, 3.05) is 18.1 Å². The lowest BCUT2D eigenvalue weighted by Crippen LogP contribution is -2.37. The molecule has 0 radical (unpaired) electrons. The van der Waals surface area contributed by atoms with Crippen LogP contribution in [0.3, 0.4) is 0 Å². The maximum Gasteiger partial charge on any atom is 0.235 e. The van der Waals surface area contributed by atoms with Crippen LogP contribution in [0.5, 0.6) is 0 Å². The maximum atomic E-state index is 12.2. The highest BCUT2D eigenvalue weighted by Gasteiger charge is 2.19. The summed E-state index contributed by atoms with van der Waals surface area (Å²) in [5.74, 6) is -0.932. The van der Waals surface area contributed by atoms with Gasteiger partial charge in [0.1, 0.15) is 5.75 Å². The van der Waals surface area contributed by atoms with Crippen LogP contribution in [0.2, 0.25) is 0 Å². The Bertz CT molecular complexity index is 824. The van der Waals surface area contributed by atoms with Gasteiger partial charge in [-0.3, -0.25) is 4.79 Å². The molecule has 0 aliphatic rings. The van der Waals surface area contributed by atoms with Crippen LogP contribution in [0.4, 0.5) is 0 Å². The monoisotopic (exact) mass is 398 g/mol. The third-order valence-corrected chi connectivity index (χ3v) is 5.77. The molecular formula is C19H27ClN2O3S. The zero-order valence-corrected chi connectivity index (χ0v) is 16.6. The molecule has 2 rings (SSSR count). The standard InChI is InChI=1S/C19H26N2O3S.ClH/c1-2-3-6-11-25(23,24)14-19(22)21-18(13-20)17-10-9-15-7-4-5-8-16(15)12-17;/h4-5,7-10,12,18H,2-3,6,11,13-14,20H2,1H3,(H,21,22);1H. The van der Waals surface area contributed by atoms with Crippen LogP contribution < -0.4 is 11.1 Å². The summed E-state index contributed by atoms with van der Waals surface area (Å²) in [7, 11) is -3.38. The maximum absolute atomic E-state index is 12.2. The first-order valence-corrected chi connectivity index (χ1v) is 10.5. The number of hydrogen-bond acceptors (Lipinski definition) is 4. The quantitative estimate of drug-likeness (QED) is 0.635. The van der Waals surface area contributed by atoms with Gasteiger partial charge < -0.3 is 11.1 Å². The first kappa shape index (κ1) is 22.4. The second-order valence-electron chi connectivity index (χ2n) is 6.26. The fraction of sp³-hybridized carbons (Fsp3) is 0.421. The van der Waals surface area contributed by atoms with Crippen molar-refractivity contribution >= 4 is 38.9 Å². The Balaban J connectivity index is 0.00000338. The first-order chi connectivity index (χ1) is 11.9. The Morgan fingerprint density at radius 1 is 1.12 bits per heavy atom. The van der Waals surface area contributed by atoms with Crippen molar-refractivity contribution in [1.82, 2.24) is 5.32 Å². The minimum atomic E-state index is -3.38. The van der Waals surface area contributed by atoms with E-state index in [0.717, 1.165) is 29.2 Å². The van der Waals surface area contributed by atoms with E-state index in [1.807, 2.05) is 49.4 Å². The molecule has 2 aromatic rings. The third kappa shape index (κ3) is 6.59. The van der Waals surface area contributed by atoms with Gasteiger partial charge in [-0.05, 0) is 28.8 Å². The molecule has 26 heavy (non-hydrogen) atoms. The lowest BCUT2D eigenvalue weighted by molar-refractivity contribution is -0.119. The molecule has 1 unspecified atom stereocenters. The number of fused-ring (bicyclic) bond motifs is 1. The van der Waals surface area contributed by atoms with Gasteiger partial charge in [0.2, 0.25) is 5.91 Å². The average Bonchev–Trinajstić information content (AvgIpc) is 2.59. The fourth-order valence-electron chi connectivity index (χ4n) is 2.78. The van der Waals surface area contributed by atoms with Crippen molar-refractivity contribution in [1.29, 1.82) is 0 Å². The molecule has 0 aliphatic carbocycles. The molecule has 0 aliphatic heterocycles. The molecule has 1 amide bonds. The molecule has 5 nitrogen and oxygen atoms in total. The summed E-state index contributed by atoms with van der Waals surface area (Å²) < 4.78 is 24.0. The van der Waals surface area contributed by atoms with Crippen molar-refractivity contribution in [3.8, 4) is 0 Å². The van der Waals surface area contributed by atoms with Gasteiger partial charge in [-0.1, -0.05) is 56.2 Å². The number of unbranched alkanes of at least 4 members (excludes halogenated alkanes) is 2. The zero-order chi connectivity index (χ0) is 18.3. The molecule has 0 fully saturated rings. The largest absolute Gasteiger partial charge is 0.347 e. The molecule has 3 N–H and O–H groups in total. The molecule has 1 atom stereocenters. The van der Waals surface area contributed by atoms with Crippen LogP contribution in [-0.4, -0.2) is 32.4 Å². The van der Waals surface area contributed by atoms with Gasteiger partial charge in [0.15, 0.2) is 9.84 Å². The summed E-state index contributed by atoms with van der Waals surface area (Å²) in [6.45, 7) is 2.22. The lowest BCUT2D eigenvalue weighted by Gasteiger charge is -2.18. The van der Waals surface area contributed by atoms with Crippen LogP contribution in [0, 0.1) is 0 Å². The van der Waals surface area contributed by atoms with E-state index in [1.165, 1.54) is 0 Å². The molecule has 0 heterocycles. The van der Waals surface area contributed by atoms with E-state index in [-0.39, 0.29) is 24.7 Å². The fourth-order valence-corrected chi connectivity index (χ4v) is 4.05. The predicted molar refractivity (Wildman–Crippen MR) is 109 cm³/mol. The van der Waals surface area contributed by atoms with E-state index < -0.39 is 27.5 Å². The zero-order valence-electron chi connectivity index (χ0n) is 15.0. The van der Waals surface area contributed by atoms with Crippen molar-refractivity contribution in [3.05, 3.63) is 48.0 Å². The Morgan fingerprint density at radius 3 is 2.46 bits per heavy atom. The minimum absolute atomic E-state index is 0. The number of nitrogens with two attached hydrogens (primary N) is 1. The highest BCUT2D eigenvalue weighted by atomic mass is 35.5. The Labute approximate surface area is 161 Å². The SMILES string of the molecule is CCCCCS(=O)(=O)CC(=O)NC(CN)c1ccc2ccccc2c1.Cl. The molecule has 2 aromatic carbocycles. The van der Waals surface area contributed by atoms with Crippen LogP contribution >= 0.6 is 12.4 Å². The van der Waals surface area contributed by atoms with Crippen LogP contribution in [-0.2, 0) is 14.6 Å². The second-order valence-corrected chi connectivity index (χ2v) is 8.45. The average molecular weight is 399 g/mol. The number of sulfone groups is 1. The molecule has 0 aromatic heterocycles. The molecule has 0 saturated heterocycles. The first-order valence-electron chi connectivity index (χ1n) is 8.63. The van der Waals surface area contributed by atoms with Gasteiger partial charge in [-0.2, -0.15) is 0 Å². The van der Waals surface area contributed by atoms with Crippen LogP contribution in [0.25, 0.3) is 10.8 Å². The molecule has 144 valence electrons.